The molecular weight excluding hydrogens is 359 g/mol. The summed E-state index contributed by atoms with van der Waals surface area (Å²) in [6.07, 6.45) is 6.76. The van der Waals surface area contributed by atoms with Crippen LogP contribution in [-0.2, 0) is 17.8 Å². The van der Waals surface area contributed by atoms with E-state index in [9.17, 15) is 9.18 Å². The average Bonchev–Trinajstić information content (AvgIpc) is 3.22. The zero-order valence-electron chi connectivity index (χ0n) is 16.2. The number of nitrogens with zero attached hydrogens (tertiary/aromatic N) is 3. The number of halogens is 1. The van der Waals surface area contributed by atoms with E-state index in [1.807, 2.05) is 12.3 Å². The summed E-state index contributed by atoms with van der Waals surface area (Å²) in [5.74, 6) is 1.03. The van der Waals surface area contributed by atoms with Crippen LogP contribution in [0.25, 0.3) is 0 Å². The summed E-state index contributed by atoms with van der Waals surface area (Å²) in [6.45, 7) is 3.11. The van der Waals surface area contributed by atoms with Crippen molar-refractivity contribution in [3.05, 3.63) is 47.8 Å². The van der Waals surface area contributed by atoms with E-state index in [1.54, 1.807) is 19.5 Å². The number of ether oxygens (including phenoxy) is 1. The highest BCUT2D eigenvalue weighted by Crippen LogP contribution is 2.32. The Morgan fingerprint density at radius 2 is 2.25 bits per heavy atom. The van der Waals surface area contributed by atoms with Crippen LogP contribution in [0.3, 0.4) is 0 Å². The third kappa shape index (κ3) is 4.04. The summed E-state index contributed by atoms with van der Waals surface area (Å²) in [5, 5.41) is 0. The topological polar surface area (TPSA) is 61.5 Å². The number of rotatable bonds is 6. The van der Waals surface area contributed by atoms with Crippen molar-refractivity contribution >= 4 is 5.91 Å². The van der Waals surface area contributed by atoms with Crippen molar-refractivity contribution in [2.45, 2.75) is 38.3 Å². The number of likely N-dealkylation sites (tertiary alicyclic amines) is 2. The molecule has 3 heterocycles. The number of hydrogen-bond donors (Lipinski definition) is 1. The Morgan fingerprint density at radius 1 is 1.36 bits per heavy atom. The molecule has 1 aromatic heterocycles. The van der Waals surface area contributed by atoms with Crippen molar-refractivity contribution < 1.29 is 13.9 Å². The summed E-state index contributed by atoms with van der Waals surface area (Å²) < 4.78 is 19.4. The number of fused-ring (bicyclic) bond motifs is 1. The SMILES string of the molecule is COc1ccc(CN2CC[C@@H]3[C@@H](CCC(=O)N3CCc3cnc[nH]3)C2)c(F)c1. The molecule has 2 aromatic rings. The molecule has 0 unspecified atom stereocenters. The van der Waals surface area contributed by atoms with Crippen LogP contribution in [0, 0.1) is 11.7 Å². The molecule has 2 aliphatic heterocycles. The molecule has 0 bridgehead atoms. The maximum atomic E-state index is 14.3. The van der Waals surface area contributed by atoms with E-state index >= 15 is 0 Å². The quantitative estimate of drug-likeness (QED) is 0.829. The van der Waals surface area contributed by atoms with Crippen LogP contribution in [0.1, 0.15) is 30.5 Å². The Balaban J connectivity index is 1.38. The van der Waals surface area contributed by atoms with Crippen LogP contribution in [0.4, 0.5) is 4.39 Å². The molecule has 0 radical (unpaired) electrons. The van der Waals surface area contributed by atoms with Gasteiger partial charge in [-0.05, 0) is 24.8 Å². The second kappa shape index (κ2) is 8.31. The first-order valence-corrected chi connectivity index (χ1v) is 9.95. The fourth-order valence-corrected chi connectivity index (χ4v) is 4.55. The minimum Gasteiger partial charge on any atom is -0.497 e. The molecule has 2 aliphatic rings. The standard InChI is InChI=1S/C21H27FN4O2/c1-28-18-4-2-15(19(22)10-18)12-25-8-7-20-16(13-25)3-5-21(27)26(20)9-6-17-11-23-14-24-17/h2,4,10-11,14,16,20H,3,5-9,12-13H2,1H3,(H,23,24)/t16-,20+/m0/s1. The first-order valence-electron chi connectivity index (χ1n) is 9.95. The second-order valence-corrected chi connectivity index (χ2v) is 7.76. The largest absolute Gasteiger partial charge is 0.497 e. The molecule has 1 amide bonds. The van der Waals surface area contributed by atoms with Crippen molar-refractivity contribution in [2.75, 3.05) is 26.7 Å². The van der Waals surface area contributed by atoms with E-state index in [0.717, 1.165) is 44.6 Å². The number of benzene rings is 1. The van der Waals surface area contributed by atoms with Crippen LogP contribution < -0.4 is 4.74 Å². The van der Waals surface area contributed by atoms with Gasteiger partial charge in [0.05, 0.1) is 13.4 Å². The number of amides is 1. The molecule has 28 heavy (non-hydrogen) atoms. The molecule has 0 saturated carbocycles. The number of carbonyl (C=O) groups is 1. The minimum atomic E-state index is -0.221. The van der Waals surface area contributed by atoms with Gasteiger partial charge in [-0.3, -0.25) is 9.69 Å². The maximum Gasteiger partial charge on any atom is 0.222 e. The van der Waals surface area contributed by atoms with Crippen LogP contribution in [0.15, 0.2) is 30.7 Å². The van der Waals surface area contributed by atoms with Gasteiger partial charge < -0.3 is 14.6 Å². The fraction of sp³-hybridized carbons (Fsp3) is 0.524. The van der Waals surface area contributed by atoms with Crippen LogP contribution in [0.2, 0.25) is 0 Å². The Morgan fingerprint density at radius 3 is 3.00 bits per heavy atom. The number of carbonyl (C=O) groups excluding carboxylic acids is 1. The molecule has 1 N–H and O–H groups in total. The van der Waals surface area contributed by atoms with Gasteiger partial charge >= 0.3 is 0 Å². The average molecular weight is 386 g/mol. The molecule has 6 nitrogen and oxygen atoms in total. The van der Waals surface area contributed by atoms with Gasteiger partial charge in [-0.15, -0.1) is 0 Å². The predicted molar refractivity (Wildman–Crippen MR) is 103 cm³/mol. The van der Waals surface area contributed by atoms with Gasteiger partial charge in [-0.1, -0.05) is 6.07 Å². The van der Waals surface area contributed by atoms with E-state index in [2.05, 4.69) is 19.8 Å². The van der Waals surface area contributed by atoms with Crippen LogP contribution >= 0.6 is 0 Å². The third-order valence-electron chi connectivity index (χ3n) is 6.06. The maximum absolute atomic E-state index is 14.3. The predicted octanol–water partition coefficient (Wildman–Crippen LogP) is 2.61. The van der Waals surface area contributed by atoms with Gasteiger partial charge in [-0.2, -0.15) is 0 Å². The van der Waals surface area contributed by atoms with Gasteiger partial charge in [0.15, 0.2) is 0 Å². The van der Waals surface area contributed by atoms with E-state index in [-0.39, 0.29) is 11.7 Å². The molecule has 2 saturated heterocycles. The normalized spacial score (nSPS) is 22.9. The zero-order chi connectivity index (χ0) is 19.5. The van der Waals surface area contributed by atoms with Gasteiger partial charge in [0, 0.05) is 68.6 Å². The molecule has 0 spiro atoms. The Kier molecular flexibility index (Phi) is 5.62. The number of imidazole rings is 1. The van der Waals surface area contributed by atoms with Crippen molar-refractivity contribution in [2.24, 2.45) is 5.92 Å². The minimum absolute atomic E-state index is 0.221. The molecule has 1 aromatic carbocycles. The molecule has 2 atom stereocenters. The number of nitrogens with one attached hydrogen (secondary N) is 1. The smallest absolute Gasteiger partial charge is 0.222 e. The van der Waals surface area contributed by atoms with Gasteiger partial charge in [0.25, 0.3) is 0 Å². The lowest BCUT2D eigenvalue weighted by atomic mass is 9.83. The Bertz CT molecular complexity index is 811. The lowest BCUT2D eigenvalue weighted by Crippen LogP contribution is -2.56. The first kappa shape index (κ1) is 18.9. The number of methoxy groups -OCH3 is 1. The molecule has 150 valence electrons. The molecule has 4 rings (SSSR count). The molecule has 0 aliphatic carbocycles. The highest BCUT2D eigenvalue weighted by Gasteiger charge is 2.39. The summed E-state index contributed by atoms with van der Waals surface area (Å²) >= 11 is 0. The van der Waals surface area contributed by atoms with Gasteiger partial charge in [-0.25, -0.2) is 9.37 Å². The summed E-state index contributed by atoms with van der Waals surface area (Å²) in [7, 11) is 1.54. The fourth-order valence-electron chi connectivity index (χ4n) is 4.55. The highest BCUT2D eigenvalue weighted by atomic mass is 19.1. The van der Waals surface area contributed by atoms with E-state index in [1.165, 1.54) is 6.07 Å². The monoisotopic (exact) mass is 386 g/mol. The summed E-state index contributed by atoms with van der Waals surface area (Å²) in [4.78, 5) is 24.1. The number of hydrogen-bond acceptors (Lipinski definition) is 4. The summed E-state index contributed by atoms with van der Waals surface area (Å²) in [5.41, 5.74) is 1.75. The Hall–Kier alpha value is -2.41. The third-order valence-corrected chi connectivity index (χ3v) is 6.06. The molecular formula is C21H27FN4O2. The lowest BCUT2D eigenvalue weighted by Gasteiger charge is -2.47. The van der Waals surface area contributed by atoms with Crippen molar-refractivity contribution in [1.82, 2.24) is 19.8 Å². The van der Waals surface area contributed by atoms with Crippen LogP contribution in [-0.4, -0.2) is 58.5 Å². The van der Waals surface area contributed by atoms with Crippen molar-refractivity contribution in [3.63, 3.8) is 0 Å². The van der Waals surface area contributed by atoms with Gasteiger partial charge in [0.2, 0.25) is 5.91 Å². The number of H-pyrrole nitrogens is 1. The number of piperidine rings is 2. The molecule has 2 fully saturated rings. The van der Waals surface area contributed by atoms with Crippen molar-refractivity contribution in [3.8, 4) is 5.75 Å². The molecule has 7 heteroatoms. The summed E-state index contributed by atoms with van der Waals surface area (Å²) in [6, 6.07) is 5.35. The highest BCUT2D eigenvalue weighted by molar-refractivity contribution is 5.77. The zero-order valence-corrected chi connectivity index (χ0v) is 16.2. The number of aromatic nitrogens is 2. The van der Waals surface area contributed by atoms with E-state index in [0.29, 0.717) is 36.2 Å². The lowest BCUT2D eigenvalue weighted by molar-refractivity contribution is -0.141. The second-order valence-electron chi connectivity index (χ2n) is 7.76. The Labute approximate surface area is 164 Å². The van der Waals surface area contributed by atoms with Gasteiger partial charge in [0.1, 0.15) is 11.6 Å². The first-order chi connectivity index (χ1) is 13.6. The van der Waals surface area contributed by atoms with E-state index in [4.69, 9.17) is 4.74 Å². The number of aromatic amines is 1. The van der Waals surface area contributed by atoms with Crippen LogP contribution in [0.5, 0.6) is 5.75 Å². The van der Waals surface area contributed by atoms with Crippen molar-refractivity contribution in [1.29, 1.82) is 0 Å². The van der Waals surface area contributed by atoms with E-state index < -0.39 is 0 Å².